The minimum atomic E-state index is -0.336. The van der Waals surface area contributed by atoms with Gasteiger partial charge in [-0.25, -0.2) is 0 Å². The number of rotatable bonds is 7. The molecular formula is C24H36O4. The minimum absolute atomic E-state index is 0.0762. The number of benzene rings is 1. The van der Waals surface area contributed by atoms with E-state index in [0.717, 1.165) is 19.3 Å². The summed E-state index contributed by atoms with van der Waals surface area (Å²) in [6.45, 7) is 10.5. The van der Waals surface area contributed by atoms with Gasteiger partial charge in [-0.1, -0.05) is 71.4 Å². The van der Waals surface area contributed by atoms with Crippen molar-refractivity contribution in [3.8, 4) is 0 Å². The molecule has 1 fully saturated rings. The first-order valence-corrected chi connectivity index (χ1v) is 10.5. The molecule has 0 amide bonds. The molecule has 0 aromatic heterocycles. The van der Waals surface area contributed by atoms with Crippen LogP contribution in [0.25, 0.3) is 0 Å². The molecule has 5 atom stereocenters. The molecule has 0 radical (unpaired) electrons. The molecule has 1 aromatic rings. The Bertz CT molecular complexity index is 652. The van der Waals surface area contributed by atoms with Crippen LogP contribution in [0.1, 0.15) is 65.9 Å². The van der Waals surface area contributed by atoms with Crippen LogP contribution >= 0.6 is 0 Å². The highest BCUT2D eigenvalue weighted by Crippen LogP contribution is 2.44. The van der Waals surface area contributed by atoms with Crippen molar-refractivity contribution < 1.29 is 19.1 Å². The number of hydrogen-bond donors (Lipinski definition) is 0. The van der Waals surface area contributed by atoms with Gasteiger partial charge in [0.2, 0.25) is 0 Å². The van der Waals surface area contributed by atoms with Crippen LogP contribution in [-0.4, -0.2) is 25.2 Å². The van der Waals surface area contributed by atoms with Crippen molar-refractivity contribution in [2.45, 2.75) is 71.8 Å². The van der Waals surface area contributed by atoms with Crippen molar-refractivity contribution in [3.63, 3.8) is 0 Å². The second-order valence-corrected chi connectivity index (χ2v) is 9.13. The van der Waals surface area contributed by atoms with Gasteiger partial charge in [0.1, 0.15) is 6.10 Å². The lowest BCUT2D eigenvalue weighted by atomic mass is 9.64. The fourth-order valence-corrected chi connectivity index (χ4v) is 4.38. The van der Waals surface area contributed by atoms with Crippen LogP contribution in [0.4, 0.5) is 0 Å². The summed E-state index contributed by atoms with van der Waals surface area (Å²) in [5, 5.41) is 0. The van der Waals surface area contributed by atoms with Crippen molar-refractivity contribution in [2.24, 2.45) is 23.7 Å². The lowest BCUT2D eigenvalue weighted by Crippen LogP contribution is -2.44. The van der Waals surface area contributed by atoms with Crippen LogP contribution in [-0.2, 0) is 24.5 Å². The molecule has 28 heavy (non-hydrogen) atoms. The number of hydrogen-bond acceptors (Lipinski definition) is 4. The zero-order chi connectivity index (χ0) is 20.9. The van der Waals surface area contributed by atoms with Crippen LogP contribution in [0.5, 0.6) is 0 Å². The molecule has 4 heteroatoms. The summed E-state index contributed by atoms with van der Waals surface area (Å²) in [7, 11) is 1.37. The normalized spacial score (nSPS) is 24.9. The predicted molar refractivity (Wildman–Crippen MR) is 111 cm³/mol. The summed E-state index contributed by atoms with van der Waals surface area (Å²) in [6.07, 6.45) is 3.23. The first kappa shape index (κ1) is 22.4. The van der Waals surface area contributed by atoms with Gasteiger partial charge >= 0.3 is 11.9 Å². The third kappa shape index (κ3) is 5.36. The molecule has 4 nitrogen and oxygen atoms in total. The molecule has 1 aromatic carbocycles. The van der Waals surface area contributed by atoms with E-state index in [1.807, 2.05) is 19.9 Å². The van der Waals surface area contributed by atoms with E-state index in [-0.39, 0.29) is 47.6 Å². The zero-order valence-corrected chi connectivity index (χ0v) is 18.2. The van der Waals surface area contributed by atoms with Gasteiger partial charge in [-0.15, -0.1) is 0 Å². The number of ether oxygens (including phenoxy) is 2. The average Bonchev–Trinajstić information content (AvgIpc) is 2.67. The Labute approximate surface area is 170 Å². The van der Waals surface area contributed by atoms with E-state index in [4.69, 9.17) is 9.47 Å². The number of carbonyl (C=O) groups is 2. The summed E-state index contributed by atoms with van der Waals surface area (Å²) >= 11 is 0. The lowest BCUT2D eigenvalue weighted by molar-refractivity contribution is -0.163. The molecule has 0 N–H and O–H groups in total. The maximum atomic E-state index is 12.9. The van der Waals surface area contributed by atoms with E-state index in [0.29, 0.717) is 5.92 Å². The fourth-order valence-electron chi connectivity index (χ4n) is 4.38. The highest BCUT2D eigenvalue weighted by atomic mass is 16.5. The third-order valence-corrected chi connectivity index (χ3v) is 6.71. The monoisotopic (exact) mass is 388 g/mol. The van der Waals surface area contributed by atoms with E-state index >= 15 is 0 Å². The molecule has 2 rings (SSSR count). The van der Waals surface area contributed by atoms with Crippen LogP contribution in [0.3, 0.4) is 0 Å². The second kappa shape index (κ2) is 9.58. The number of carbonyl (C=O) groups excluding carboxylic acids is 2. The van der Waals surface area contributed by atoms with Gasteiger partial charge in [-0.2, -0.15) is 0 Å². The standard InChI is InChI=1S/C24H36O4/c1-16-12-13-20(24(4,5)19-10-8-7-9-11-19)21(14-16)28-23(26)18(3)17(2)15-22(25)27-6/h7-11,16-18,20-21H,12-15H2,1-6H3/t16-,17-,18-,20-,21-/m1/s1. The summed E-state index contributed by atoms with van der Waals surface area (Å²) in [5.74, 6) is -0.120. The first-order chi connectivity index (χ1) is 13.2. The Balaban J connectivity index is 2.13. The molecule has 0 aliphatic heterocycles. The van der Waals surface area contributed by atoms with Crippen molar-refractivity contribution >= 4 is 11.9 Å². The van der Waals surface area contributed by atoms with E-state index in [9.17, 15) is 9.59 Å². The Morgan fingerprint density at radius 2 is 1.79 bits per heavy atom. The Morgan fingerprint density at radius 3 is 2.39 bits per heavy atom. The maximum Gasteiger partial charge on any atom is 0.309 e. The van der Waals surface area contributed by atoms with Gasteiger partial charge < -0.3 is 9.47 Å². The maximum absolute atomic E-state index is 12.9. The van der Waals surface area contributed by atoms with E-state index in [1.54, 1.807) is 0 Å². The van der Waals surface area contributed by atoms with Crippen LogP contribution in [0.2, 0.25) is 0 Å². The van der Waals surface area contributed by atoms with Crippen LogP contribution in [0.15, 0.2) is 30.3 Å². The molecule has 0 heterocycles. The smallest absolute Gasteiger partial charge is 0.309 e. The summed E-state index contributed by atoms with van der Waals surface area (Å²) in [5.41, 5.74) is 1.20. The van der Waals surface area contributed by atoms with Crippen molar-refractivity contribution in [1.82, 2.24) is 0 Å². The SMILES string of the molecule is COC(=O)C[C@@H](C)[C@@H](C)C(=O)O[C@@H]1C[C@H](C)CC[C@H]1C(C)(C)c1ccccc1. The van der Waals surface area contributed by atoms with Crippen molar-refractivity contribution in [1.29, 1.82) is 0 Å². The summed E-state index contributed by atoms with van der Waals surface area (Å²) in [6, 6.07) is 10.5. The van der Waals surface area contributed by atoms with E-state index in [2.05, 4.69) is 45.0 Å². The molecule has 1 saturated carbocycles. The van der Waals surface area contributed by atoms with Gasteiger partial charge in [-0.3, -0.25) is 9.59 Å². The predicted octanol–water partition coefficient (Wildman–Crippen LogP) is 5.15. The molecule has 1 aliphatic carbocycles. The van der Waals surface area contributed by atoms with Crippen molar-refractivity contribution in [3.05, 3.63) is 35.9 Å². The van der Waals surface area contributed by atoms with E-state index < -0.39 is 0 Å². The topological polar surface area (TPSA) is 52.6 Å². The number of methoxy groups -OCH3 is 1. The molecule has 0 spiro atoms. The summed E-state index contributed by atoms with van der Waals surface area (Å²) in [4.78, 5) is 24.4. The Kier molecular flexibility index (Phi) is 7.68. The second-order valence-electron chi connectivity index (χ2n) is 9.13. The summed E-state index contributed by atoms with van der Waals surface area (Å²) < 4.78 is 10.8. The van der Waals surface area contributed by atoms with Crippen LogP contribution < -0.4 is 0 Å². The molecule has 156 valence electrons. The lowest BCUT2D eigenvalue weighted by Gasteiger charge is -2.44. The fraction of sp³-hybridized carbons (Fsp3) is 0.667. The Hall–Kier alpha value is -1.84. The quantitative estimate of drug-likeness (QED) is 0.606. The highest BCUT2D eigenvalue weighted by molar-refractivity contribution is 5.75. The molecule has 0 unspecified atom stereocenters. The van der Waals surface area contributed by atoms with Crippen LogP contribution in [0, 0.1) is 23.7 Å². The first-order valence-electron chi connectivity index (χ1n) is 10.5. The molecule has 0 bridgehead atoms. The van der Waals surface area contributed by atoms with Gasteiger partial charge in [0, 0.05) is 12.3 Å². The average molecular weight is 389 g/mol. The van der Waals surface area contributed by atoms with Gasteiger partial charge in [-0.05, 0) is 35.7 Å². The van der Waals surface area contributed by atoms with E-state index in [1.165, 1.54) is 12.7 Å². The molecular weight excluding hydrogens is 352 g/mol. The molecule has 0 saturated heterocycles. The third-order valence-electron chi connectivity index (χ3n) is 6.71. The highest BCUT2D eigenvalue weighted by Gasteiger charge is 2.42. The van der Waals surface area contributed by atoms with Gasteiger partial charge in [0.25, 0.3) is 0 Å². The molecule has 1 aliphatic rings. The minimum Gasteiger partial charge on any atom is -0.469 e. The number of esters is 2. The Morgan fingerprint density at radius 1 is 1.14 bits per heavy atom. The van der Waals surface area contributed by atoms with Gasteiger partial charge in [0.15, 0.2) is 0 Å². The van der Waals surface area contributed by atoms with Gasteiger partial charge in [0.05, 0.1) is 13.0 Å². The zero-order valence-electron chi connectivity index (χ0n) is 18.2. The largest absolute Gasteiger partial charge is 0.469 e. The van der Waals surface area contributed by atoms with Crippen molar-refractivity contribution in [2.75, 3.05) is 7.11 Å².